The van der Waals surface area contributed by atoms with Crippen LogP contribution in [0.15, 0.2) is 24.3 Å². The monoisotopic (exact) mass is 249 g/mol. The van der Waals surface area contributed by atoms with Gasteiger partial charge in [-0.3, -0.25) is 4.79 Å². The van der Waals surface area contributed by atoms with Crippen LogP contribution in [-0.4, -0.2) is 30.6 Å². The van der Waals surface area contributed by atoms with Crippen molar-refractivity contribution in [2.75, 3.05) is 13.7 Å². The lowest BCUT2D eigenvalue weighted by Gasteiger charge is -2.07. The standard InChI is InChI=1S/C13H15NO4/c1-9(15)14-8-4-6-10-5-3-7-11(18-2)12(10)13(16)17/h3-7H,8H2,1-2H3,(H,14,15)(H,16,17). The molecule has 1 rings (SSSR count). The molecule has 0 radical (unpaired) electrons. The normalized spacial score (nSPS) is 10.3. The van der Waals surface area contributed by atoms with E-state index in [1.165, 1.54) is 14.0 Å². The SMILES string of the molecule is COc1cccc(C=CCNC(C)=O)c1C(=O)O. The molecule has 0 bridgehead atoms. The first-order valence-corrected chi connectivity index (χ1v) is 5.37. The van der Waals surface area contributed by atoms with E-state index in [1.807, 2.05) is 0 Å². The number of rotatable bonds is 5. The summed E-state index contributed by atoms with van der Waals surface area (Å²) in [7, 11) is 1.42. The largest absolute Gasteiger partial charge is 0.496 e. The molecule has 0 aromatic heterocycles. The summed E-state index contributed by atoms with van der Waals surface area (Å²) in [5.41, 5.74) is 0.645. The Morgan fingerprint density at radius 1 is 1.44 bits per heavy atom. The first-order valence-electron chi connectivity index (χ1n) is 5.37. The van der Waals surface area contributed by atoms with Crippen molar-refractivity contribution in [1.29, 1.82) is 0 Å². The number of nitrogens with one attached hydrogen (secondary N) is 1. The van der Waals surface area contributed by atoms with Gasteiger partial charge in [-0.1, -0.05) is 24.3 Å². The van der Waals surface area contributed by atoms with Crippen molar-refractivity contribution in [3.05, 3.63) is 35.4 Å². The quantitative estimate of drug-likeness (QED) is 0.830. The number of methoxy groups -OCH3 is 1. The number of ether oxygens (including phenoxy) is 1. The highest BCUT2D eigenvalue weighted by Crippen LogP contribution is 2.23. The zero-order valence-corrected chi connectivity index (χ0v) is 10.3. The molecule has 0 saturated heterocycles. The molecule has 2 N–H and O–H groups in total. The fourth-order valence-corrected chi connectivity index (χ4v) is 1.47. The van der Waals surface area contributed by atoms with E-state index in [0.717, 1.165) is 0 Å². The molecule has 0 heterocycles. The molecule has 0 unspecified atom stereocenters. The Balaban J connectivity index is 2.94. The van der Waals surface area contributed by atoms with Gasteiger partial charge in [-0.15, -0.1) is 0 Å². The Morgan fingerprint density at radius 3 is 2.72 bits per heavy atom. The Kier molecular flexibility index (Phi) is 4.92. The van der Waals surface area contributed by atoms with Crippen LogP contribution in [0.5, 0.6) is 5.75 Å². The summed E-state index contributed by atoms with van der Waals surface area (Å²) in [6.45, 7) is 1.77. The van der Waals surface area contributed by atoms with E-state index in [4.69, 9.17) is 9.84 Å². The van der Waals surface area contributed by atoms with E-state index in [9.17, 15) is 9.59 Å². The maximum absolute atomic E-state index is 11.2. The molecule has 0 saturated carbocycles. The van der Waals surface area contributed by atoms with E-state index in [-0.39, 0.29) is 11.5 Å². The first kappa shape index (κ1) is 13.8. The van der Waals surface area contributed by atoms with Gasteiger partial charge < -0.3 is 15.2 Å². The second kappa shape index (κ2) is 6.44. The van der Waals surface area contributed by atoms with Crippen LogP contribution in [0.1, 0.15) is 22.8 Å². The number of aromatic carboxylic acids is 1. The summed E-state index contributed by atoms with van der Waals surface area (Å²) in [6, 6.07) is 4.98. The van der Waals surface area contributed by atoms with Crippen molar-refractivity contribution in [2.45, 2.75) is 6.92 Å². The van der Waals surface area contributed by atoms with Gasteiger partial charge in [0.25, 0.3) is 0 Å². The lowest BCUT2D eigenvalue weighted by atomic mass is 10.1. The Labute approximate surface area is 105 Å². The van der Waals surface area contributed by atoms with Crippen LogP contribution in [-0.2, 0) is 4.79 Å². The second-order valence-electron chi connectivity index (χ2n) is 3.57. The minimum absolute atomic E-state index is 0.110. The number of carbonyl (C=O) groups excluding carboxylic acids is 1. The van der Waals surface area contributed by atoms with Gasteiger partial charge in [0.15, 0.2) is 0 Å². The molecule has 0 aliphatic heterocycles. The number of carbonyl (C=O) groups is 2. The number of benzene rings is 1. The number of amides is 1. The van der Waals surface area contributed by atoms with Crippen molar-refractivity contribution >= 4 is 18.0 Å². The van der Waals surface area contributed by atoms with Gasteiger partial charge in [0.1, 0.15) is 11.3 Å². The van der Waals surface area contributed by atoms with Gasteiger partial charge in [-0.2, -0.15) is 0 Å². The molecule has 0 aliphatic carbocycles. The van der Waals surface area contributed by atoms with E-state index in [2.05, 4.69) is 5.32 Å². The summed E-state index contributed by atoms with van der Waals surface area (Å²) < 4.78 is 5.01. The van der Waals surface area contributed by atoms with Crippen molar-refractivity contribution in [2.24, 2.45) is 0 Å². The molecule has 0 spiro atoms. The molecule has 0 fully saturated rings. The number of carboxylic acids is 1. The van der Waals surface area contributed by atoms with E-state index in [0.29, 0.717) is 17.9 Å². The van der Waals surface area contributed by atoms with E-state index >= 15 is 0 Å². The number of carboxylic acid groups (broad SMARTS) is 1. The van der Waals surface area contributed by atoms with Crippen LogP contribution >= 0.6 is 0 Å². The van der Waals surface area contributed by atoms with Crippen LogP contribution < -0.4 is 10.1 Å². The summed E-state index contributed by atoms with van der Waals surface area (Å²) in [6.07, 6.45) is 3.32. The third-order valence-electron chi connectivity index (χ3n) is 2.26. The van der Waals surface area contributed by atoms with Crippen LogP contribution in [0.3, 0.4) is 0 Å². The molecule has 0 aliphatic rings. The van der Waals surface area contributed by atoms with Gasteiger partial charge in [0.2, 0.25) is 5.91 Å². The van der Waals surface area contributed by atoms with Crippen LogP contribution in [0.2, 0.25) is 0 Å². The number of hydrogen-bond acceptors (Lipinski definition) is 3. The molecule has 1 aromatic rings. The second-order valence-corrected chi connectivity index (χ2v) is 3.57. The molecule has 96 valence electrons. The minimum atomic E-state index is -1.05. The third kappa shape index (κ3) is 3.62. The van der Waals surface area contributed by atoms with Gasteiger partial charge in [0, 0.05) is 13.5 Å². The fourth-order valence-electron chi connectivity index (χ4n) is 1.47. The maximum atomic E-state index is 11.2. The van der Waals surface area contributed by atoms with Crippen LogP contribution in [0.4, 0.5) is 0 Å². The highest BCUT2D eigenvalue weighted by atomic mass is 16.5. The summed E-state index contributed by atoms with van der Waals surface area (Å²) in [5.74, 6) is -0.875. The van der Waals surface area contributed by atoms with E-state index < -0.39 is 5.97 Å². The summed E-state index contributed by atoms with van der Waals surface area (Å²) in [5, 5.41) is 11.7. The van der Waals surface area contributed by atoms with Crippen molar-refractivity contribution < 1.29 is 19.4 Å². The van der Waals surface area contributed by atoms with Gasteiger partial charge in [-0.05, 0) is 11.6 Å². The van der Waals surface area contributed by atoms with E-state index in [1.54, 1.807) is 30.4 Å². The molecule has 1 amide bonds. The Morgan fingerprint density at radius 2 is 2.17 bits per heavy atom. The zero-order valence-electron chi connectivity index (χ0n) is 10.3. The van der Waals surface area contributed by atoms with Gasteiger partial charge >= 0.3 is 5.97 Å². The minimum Gasteiger partial charge on any atom is -0.496 e. The Bertz CT molecular complexity index is 480. The summed E-state index contributed by atoms with van der Waals surface area (Å²) in [4.78, 5) is 21.8. The fraction of sp³-hybridized carbons (Fsp3) is 0.231. The highest BCUT2D eigenvalue weighted by molar-refractivity contribution is 5.95. The average Bonchev–Trinajstić information content (AvgIpc) is 2.33. The molecule has 5 heteroatoms. The smallest absolute Gasteiger partial charge is 0.340 e. The van der Waals surface area contributed by atoms with Crippen molar-refractivity contribution in [3.8, 4) is 5.75 Å². The predicted molar refractivity (Wildman–Crippen MR) is 67.7 cm³/mol. The zero-order chi connectivity index (χ0) is 13.5. The lowest BCUT2D eigenvalue weighted by molar-refractivity contribution is -0.118. The molecule has 1 aromatic carbocycles. The van der Waals surface area contributed by atoms with Gasteiger partial charge in [0.05, 0.1) is 7.11 Å². The Hall–Kier alpha value is -2.30. The van der Waals surface area contributed by atoms with Crippen LogP contribution in [0.25, 0.3) is 6.08 Å². The molecule has 0 atom stereocenters. The molecular formula is C13H15NO4. The van der Waals surface area contributed by atoms with Crippen molar-refractivity contribution in [1.82, 2.24) is 5.32 Å². The molecule has 18 heavy (non-hydrogen) atoms. The average molecular weight is 249 g/mol. The molecule has 5 nitrogen and oxygen atoms in total. The lowest BCUT2D eigenvalue weighted by Crippen LogP contribution is -2.19. The molecular weight excluding hydrogens is 234 g/mol. The predicted octanol–water partition coefficient (Wildman–Crippen LogP) is 1.54. The first-order chi connectivity index (χ1) is 8.56. The van der Waals surface area contributed by atoms with Crippen LogP contribution in [0, 0.1) is 0 Å². The highest BCUT2D eigenvalue weighted by Gasteiger charge is 2.13. The third-order valence-corrected chi connectivity index (χ3v) is 2.26. The number of hydrogen-bond donors (Lipinski definition) is 2. The van der Waals surface area contributed by atoms with Crippen molar-refractivity contribution in [3.63, 3.8) is 0 Å². The maximum Gasteiger partial charge on any atom is 0.340 e. The topological polar surface area (TPSA) is 75.6 Å². The summed E-state index contributed by atoms with van der Waals surface area (Å²) >= 11 is 0. The van der Waals surface area contributed by atoms with Gasteiger partial charge in [-0.25, -0.2) is 4.79 Å².